The fourth-order valence-electron chi connectivity index (χ4n) is 4.34. The third-order valence-corrected chi connectivity index (χ3v) is 6.80. The van der Waals surface area contributed by atoms with Gasteiger partial charge in [-0.3, -0.25) is 4.79 Å². The van der Waals surface area contributed by atoms with Gasteiger partial charge in [0.15, 0.2) is 0 Å². The smallest absolute Gasteiger partial charge is 0.248 e. The molecule has 0 unspecified atom stereocenters. The van der Waals surface area contributed by atoms with Crippen LogP contribution in [0.3, 0.4) is 0 Å². The molecule has 0 radical (unpaired) electrons. The number of benzene rings is 2. The molecule has 0 aliphatic heterocycles. The minimum atomic E-state index is -0.159. The first-order valence-corrected chi connectivity index (χ1v) is 11.6. The zero-order valence-electron chi connectivity index (χ0n) is 18.5. The molecule has 1 heterocycles. The second-order valence-corrected chi connectivity index (χ2v) is 9.03. The highest BCUT2D eigenvalue weighted by Crippen LogP contribution is 2.41. The summed E-state index contributed by atoms with van der Waals surface area (Å²) in [5.74, 6) is 1.74. The van der Waals surface area contributed by atoms with E-state index in [0.717, 1.165) is 67.7 Å². The van der Waals surface area contributed by atoms with E-state index in [-0.39, 0.29) is 5.91 Å². The van der Waals surface area contributed by atoms with Gasteiger partial charge in [-0.1, -0.05) is 15.9 Å². The van der Waals surface area contributed by atoms with Crippen molar-refractivity contribution in [3.63, 3.8) is 0 Å². The number of anilines is 1. The van der Waals surface area contributed by atoms with Crippen molar-refractivity contribution in [2.75, 3.05) is 11.9 Å². The predicted octanol–water partition coefficient (Wildman–Crippen LogP) is 7.13. The molecule has 3 aromatic rings. The van der Waals surface area contributed by atoms with E-state index in [4.69, 9.17) is 9.15 Å². The highest BCUT2D eigenvalue weighted by molar-refractivity contribution is 9.10. The number of hydrogen-bond acceptors (Lipinski definition) is 3. The Bertz CT molecular complexity index is 1190. The molecule has 162 valence electrons. The second kappa shape index (κ2) is 8.91. The Hall–Kier alpha value is -2.53. The monoisotopic (exact) mass is 481 g/mol. The van der Waals surface area contributed by atoms with Crippen LogP contribution in [0.5, 0.6) is 5.75 Å². The fourth-order valence-corrected chi connectivity index (χ4v) is 4.58. The average molecular weight is 482 g/mol. The molecule has 4 rings (SSSR count). The number of amides is 1. The number of fused-ring (bicyclic) bond motifs is 3. The van der Waals surface area contributed by atoms with Crippen molar-refractivity contribution in [2.24, 2.45) is 0 Å². The van der Waals surface area contributed by atoms with Crippen LogP contribution in [0.25, 0.3) is 16.5 Å². The van der Waals surface area contributed by atoms with Crippen molar-refractivity contribution in [3.05, 3.63) is 62.8 Å². The van der Waals surface area contributed by atoms with Crippen molar-refractivity contribution in [2.45, 2.75) is 53.4 Å². The van der Waals surface area contributed by atoms with Crippen LogP contribution in [0.15, 0.2) is 39.2 Å². The first-order valence-electron chi connectivity index (χ1n) is 10.9. The van der Waals surface area contributed by atoms with E-state index in [9.17, 15) is 4.79 Å². The zero-order valence-corrected chi connectivity index (χ0v) is 20.1. The van der Waals surface area contributed by atoms with Crippen LogP contribution < -0.4 is 10.1 Å². The van der Waals surface area contributed by atoms with E-state index in [1.165, 1.54) is 18.4 Å². The van der Waals surface area contributed by atoms with Crippen LogP contribution in [-0.2, 0) is 17.6 Å². The number of furan rings is 1. The third-order valence-electron chi connectivity index (χ3n) is 5.91. The number of carbonyl (C=O) groups excluding carboxylic acids is 1. The van der Waals surface area contributed by atoms with Crippen molar-refractivity contribution >= 4 is 44.1 Å². The second-order valence-electron chi connectivity index (χ2n) is 8.18. The molecule has 0 fully saturated rings. The average Bonchev–Trinajstić information content (AvgIpc) is 3.11. The molecule has 0 atom stereocenters. The maximum Gasteiger partial charge on any atom is 0.248 e. The summed E-state index contributed by atoms with van der Waals surface area (Å²) in [6.07, 6.45) is 6.04. The molecule has 5 heteroatoms. The van der Waals surface area contributed by atoms with Gasteiger partial charge in [0, 0.05) is 44.7 Å². The number of aryl methyl sites for hydroxylation is 4. The lowest BCUT2D eigenvalue weighted by Crippen LogP contribution is -2.09. The quantitative estimate of drug-likeness (QED) is 0.394. The van der Waals surface area contributed by atoms with Crippen LogP contribution in [0, 0.1) is 13.8 Å². The molecular formula is C26H28BrNO3. The summed E-state index contributed by atoms with van der Waals surface area (Å²) in [4.78, 5) is 12.7. The van der Waals surface area contributed by atoms with Gasteiger partial charge in [0.2, 0.25) is 5.91 Å². The summed E-state index contributed by atoms with van der Waals surface area (Å²) in [6.45, 7) is 8.53. The molecule has 2 aromatic carbocycles. The van der Waals surface area contributed by atoms with Gasteiger partial charge in [-0.15, -0.1) is 0 Å². The standard InChI is InChI=1S/C26H28BrNO3/c1-5-30-25-17(4)26-21(19-8-6-7-9-23(19)31-26)14-20(25)15(2)13-24(29)28-18-10-11-22(27)16(3)12-18/h10-14H,5-9H2,1-4H3,(H,28,29)/b15-13+. The van der Waals surface area contributed by atoms with E-state index in [1.807, 2.05) is 45.9 Å². The molecule has 31 heavy (non-hydrogen) atoms. The summed E-state index contributed by atoms with van der Waals surface area (Å²) < 4.78 is 13.3. The minimum absolute atomic E-state index is 0.159. The summed E-state index contributed by atoms with van der Waals surface area (Å²) in [5.41, 5.74) is 6.89. The van der Waals surface area contributed by atoms with Crippen molar-refractivity contribution in [3.8, 4) is 5.75 Å². The molecule has 0 saturated carbocycles. The molecule has 0 spiro atoms. The van der Waals surface area contributed by atoms with Gasteiger partial charge in [0.05, 0.1) is 6.61 Å². The maximum absolute atomic E-state index is 12.7. The van der Waals surface area contributed by atoms with E-state index in [2.05, 4.69) is 27.3 Å². The summed E-state index contributed by atoms with van der Waals surface area (Å²) >= 11 is 3.49. The van der Waals surface area contributed by atoms with Gasteiger partial charge < -0.3 is 14.5 Å². The molecule has 0 saturated heterocycles. The normalized spacial score (nSPS) is 13.9. The van der Waals surface area contributed by atoms with E-state index < -0.39 is 0 Å². The van der Waals surface area contributed by atoms with E-state index >= 15 is 0 Å². The molecule has 0 bridgehead atoms. The molecule has 1 aromatic heterocycles. The van der Waals surface area contributed by atoms with Gasteiger partial charge in [0.25, 0.3) is 0 Å². The van der Waals surface area contributed by atoms with Crippen LogP contribution in [0.4, 0.5) is 5.69 Å². The van der Waals surface area contributed by atoms with Crippen LogP contribution in [0.2, 0.25) is 0 Å². The first-order chi connectivity index (χ1) is 14.9. The Labute approximate surface area is 191 Å². The van der Waals surface area contributed by atoms with Crippen molar-refractivity contribution in [1.29, 1.82) is 0 Å². The van der Waals surface area contributed by atoms with Crippen LogP contribution in [0.1, 0.15) is 54.7 Å². The Kier molecular flexibility index (Phi) is 6.24. The van der Waals surface area contributed by atoms with Crippen LogP contribution >= 0.6 is 15.9 Å². The Morgan fingerprint density at radius 2 is 2.00 bits per heavy atom. The van der Waals surface area contributed by atoms with Gasteiger partial charge in [0.1, 0.15) is 17.1 Å². The third kappa shape index (κ3) is 4.29. The molecule has 1 aliphatic rings. The van der Waals surface area contributed by atoms with Gasteiger partial charge >= 0.3 is 0 Å². The Balaban J connectivity index is 1.73. The number of hydrogen-bond donors (Lipinski definition) is 1. The molecule has 1 aliphatic carbocycles. The number of carbonyl (C=O) groups is 1. The number of nitrogens with one attached hydrogen (secondary N) is 1. The van der Waals surface area contributed by atoms with Crippen molar-refractivity contribution < 1.29 is 13.9 Å². The first kappa shape index (κ1) is 21.7. The highest BCUT2D eigenvalue weighted by atomic mass is 79.9. The number of ether oxygens (including phenoxy) is 1. The summed E-state index contributed by atoms with van der Waals surface area (Å²) in [7, 11) is 0. The topological polar surface area (TPSA) is 51.5 Å². The predicted molar refractivity (Wildman–Crippen MR) is 130 cm³/mol. The summed E-state index contributed by atoms with van der Waals surface area (Å²) in [5, 5.41) is 4.12. The Morgan fingerprint density at radius 1 is 1.23 bits per heavy atom. The highest BCUT2D eigenvalue weighted by Gasteiger charge is 2.23. The number of halogens is 1. The largest absolute Gasteiger partial charge is 0.493 e. The molecule has 4 nitrogen and oxygen atoms in total. The maximum atomic E-state index is 12.7. The van der Waals surface area contributed by atoms with Gasteiger partial charge in [-0.2, -0.15) is 0 Å². The molecule has 1 amide bonds. The lowest BCUT2D eigenvalue weighted by Gasteiger charge is -2.15. The molecule has 1 N–H and O–H groups in total. The number of allylic oxidation sites excluding steroid dienone is 1. The van der Waals surface area contributed by atoms with Crippen LogP contribution in [-0.4, -0.2) is 12.5 Å². The zero-order chi connectivity index (χ0) is 22.1. The minimum Gasteiger partial charge on any atom is -0.493 e. The lowest BCUT2D eigenvalue weighted by atomic mass is 9.93. The van der Waals surface area contributed by atoms with Gasteiger partial charge in [-0.25, -0.2) is 0 Å². The number of rotatable bonds is 5. The SMILES string of the molecule is CCOc1c(/C(C)=C/C(=O)Nc2ccc(Br)c(C)c2)cc2c3c(oc2c1C)CCCC3. The Morgan fingerprint density at radius 3 is 2.74 bits per heavy atom. The lowest BCUT2D eigenvalue weighted by molar-refractivity contribution is -0.111. The van der Waals surface area contributed by atoms with E-state index in [0.29, 0.717) is 6.61 Å². The fraction of sp³-hybridized carbons (Fsp3) is 0.346. The van der Waals surface area contributed by atoms with Gasteiger partial charge in [-0.05, 0) is 82.4 Å². The van der Waals surface area contributed by atoms with Crippen molar-refractivity contribution in [1.82, 2.24) is 0 Å². The molecular weight excluding hydrogens is 454 g/mol. The van der Waals surface area contributed by atoms with E-state index in [1.54, 1.807) is 6.08 Å². The summed E-state index contributed by atoms with van der Waals surface area (Å²) in [6, 6.07) is 7.92.